The minimum atomic E-state index is 0. The Kier molecular flexibility index (Phi) is 8.97. The maximum absolute atomic E-state index is 6.19. The molecule has 1 aliphatic heterocycles. The molecule has 1 saturated heterocycles. The Hall–Kier alpha value is 0.520. The number of rotatable bonds is 2. The third kappa shape index (κ3) is 4.50. The summed E-state index contributed by atoms with van der Waals surface area (Å²) >= 11 is 18.3. The Morgan fingerprint density at radius 3 is 2.37 bits per heavy atom. The summed E-state index contributed by atoms with van der Waals surface area (Å²) in [6.07, 6.45) is 1.56. The van der Waals surface area contributed by atoms with Crippen LogP contribution in [-0.4, -0.2) is 36.1 Å². The van der Waals surface area contributed by atoms with Gasteiger partial charge in [-0.15, -0.1) is 24.8 Å². The van der Waals surface area contributed by atoms with Gasteiger partial charge in [-0.1, -0.05) is 34.8 Å². The number of pyridine rings is 1. The molecule has 1 atom stereocenters. The van der Waals surface area contributed by atoms with Crippen LogP contribution in [0.4, 0.5) is 0 Å². The highest BCUT2D eigenvalue weighted by molar-refractivity contribution is 6.43. The van der Waals surface area contributed by atoms with Crippen molar-refractivity contribution in [2.24, 2.45) is 0 Å². The zero-order valence-electron chi connectivity index (χ0n) is 10.3. The Morgan fingerprint density at radius 2 is 1.79 bits per heavy atom. The van der Waals surface area contributed by atoms with E-state index < -0.39 is 0 Å². The van der Waals surface area contributed by atoms with Crippen LogP contribution < -0.4 is 5.32 Å². The molecule has 0 unspecified atom stereocenters. The van der Waals surface area contributed by atoms with Gasteiger partial charge in [-0.25, -0.2) is 4.98 Å². The molecule has 0 radical (unpaired) electrons. The first kappa shape index (κ1) is 19.5. The predicted octanol–water partition coefficient (Wildman–Crippen LogP) is 3.85. The fourth-order valence-electron chi connectivity index (χ4n) is 2.09. The van der Waals surface area contributed by atoms with Crippen LogP contribution in [0.25, 0.3) is 0 Å². The lowest BCUT2D eigenvalue weighted by Gasteiger charge is -2.33. The van der Waals surface area contributed by atoms with E-state index in [0.717, 1.165) is 31.7 Å². The molecule has 19 heavy (non-hydrogen) atoms. The van der Waals surface area contributed by atoms with Gasteiger partial charge in [0.25, 0.3) is 0 Å². The molecular formula is C11H16Cl5N3. The van der Waals surface area contributed by atoms with E-state index in [1.54, 1.807) is 6.20 Å². The summed E-state index contributed by atoms with van der Waals surface area (Å²) in [4.78, 5) is 6.27. The minimum absolute atomic E-state index is 0. The van der Waals surface area contributed by atoms with Crippen molar-refractivity contribution in [1.29, 1.82) is 0 Å². The highest BCUT2D eigenvalue weighted by atomic mass is 35.5. The van der Waals surface area contributed by atoms with Crippen LogP contribution in [0.1, 0.15) is 18.5 Å². The Balaban J connectivity index is 0.00000162. The van der Waals surface area contributed by atoms with Gasteiger partial charge in [0.05, 0.1) is 10.0 Å². The van der Waals surface area contributed by atoms with Crippen molar-refractivity contribution >= 4 is 59.6 Å². The van der Waals surface area contributed by atoms with Gasteiger partial charge >= 0.3 is 0 Å². The molecule has 0 saturated carbocycles. The molecule has 0 aromatic carbocycles. The summed E-state index contributed by atoms with van der Waals surface area (Å²) in [6.45, 7) is 6.02. The predicted molar refractivity (Wildman–Crippen MR) is 86.6 cm³/mol. The van der Waals surface area contributed by atoms with E-state index in [2.05, 4.69) is 22.1 Å². The third-order valence-corrected chi connectivity index (χ3v) is 4.15. The lowest BCUT2D eigenvalue weighted by molar-refractivity contribution is 0.185. The topological polar surface area (TPSA) is 28.2 Å². The van der Waals surface area contributed by atoms with Gasteiger partial charge in [0.1, 0.15) is 5.15 Å². The van der Waals surface area contributed by atoms with Crippen LogP contribution in [0.3, 0.4) is 0 Å². The number of hydrogen-bond donors (Lipinski definition) is 1. The quantitative estimate of drug-likeness (QED) is 0.805. The van der Waals surface area contributed by atoms with Gasteiger partial charge in [0.2, 0.25) is 0 Å². The zero-order valence-corrected chi connectivity index (χ0v) is 14.2. The van der Waals surface area contributed by atoms with Crippen molar-refractivity contribution in [3.63, 3.8) is 0 Å². The molecule has 110 valence electrons. The first-order valence-electron chi connectivity index (χ1n) is 5.55. The number of hydrogen-bond acceptors (Lipinski definition) is 3. The van der Waals surface area contributed by atoms with E-state index in [1.165, 1.54) is 0 Å². The van der Waals surface area contributed by atoms with Gasteiger partial charge in [-0.3, -0.25) is 4.90 Å². The molecule has 0 amide bonds. The SMILES string of the molecule is C[C@H](c1c(Cl)cnc(Cl)c1Cl)N1CCNCC1.Cl.Cl. The maximum atomic E-state index is 6.19. The Morgan fingerprint density at radius 1 is 1.21 bits per heavy atom. The van der Waals surface area contributed by atoms with E-state index in [4.69, 9.17) is 34.8 Å². The normalized spacial score (nSPS) is 17.3. The monoisotopic (exact) mass is 365 g/mol. The van der Waals surface area contributed by atoms with E-state index in [1.807, 2.05) is 0 Å². The maximum Gasteiger partial charge on any atom is 0.148 e. The first-order chi connectivity index (χ1) is 8.11. The van der Waals surface area contributed by atoms with Gasteiger partial charge in [-0.2, -0.15) is 0 Å². The molecule has 1 aromatic heterocycles. The average molecular weight is 368 g/mol. The summed E-state index contributed by atoms with van der Waals surface area (Å²) in [6, 6.07) is 0.151. The van der Waals surface area contributed by atoms with E-state index in [-0.39, 0.29) is 30.9 Å². The van der Waals surface area contributed by atoms with Crippen LogP contribution in [0.5, 0.6) is 0 Å². The van der Waals surface area contributed by atoms with Crippen molar-refractivity contribution < 1.29 is 0 Å². The second-order valence-corrected chi connectivity index (χ2v) is 5.23. The summed E-state index contributed by atoms with van der Waals surface area (Å²) in [5.74, 6) is 0. The molecule has 0 bridgehead atoms. The van der Waals surface area contributed by atoms with Crippen molar-refractivity contribution in [1.82, 2.24) is 15.2 Å². The highest BCUT2D eigenvalue weighted by Crippen LogP contribution is 2.36. The summed E-state index contributed by atoms with van der Waals surface area (Å²) < 4.78 is 0. The van der Waals surface area contributed by atoms with Crippen LogP contribution in [0.15, 0.2) is 6.20 Å². The number of nitrogens with zero attached hydrogens (tertiary/aromatic N) is 2. The van der Waals surface area contributed by atoms with E-state index in [9.17, 15) is 0 Å². The van der Waals surface area contributed by atoms with Crippen molar-refractivity contribution in [3.8, 4) is 0 Å². The van der Waals surface area contributed by atoms with Gasteiger partial charge in [0, 0.05) is 44.0 Å². The fraction of sp³-hybridized carbons (Fsp3) is 0.545. The molecule has 1 aromatic rings. The molecule has 1 N–H and O–H groups in total. The highest BCUT2D eigenvalue weighted by Gasteiger charge is 2.23. The number of halogens is 5. The smallest absolute Gasteiger partial charge is 0.148 e. The van der Waals surface area contributed by atoms with Crippen LogP contribution in [-0.2, 0) is 0 Å². The summed E-state index contributed by atoms with van der Waals surface area (Å²) in [7, 11) is 0. The lowest BCUT2D eigenvalue weighted by atomic mass is 10.1. The van der Waals surface area contributed by atoms with Crippen LogP contribution in [0.2, 0.25) is 15.2 Å². The minimum Gasteiger partial charge on any atom is -0.314 e. The van der Waals surface area contributed by atoms with Gasteiger partial charge in [-0.05, 0) is 6.92 Å². The Bertz CT molecular complexity index is 410. The largest absolute Gasteiger partial charge is 0.314 e. The number of piperazine rings is 1. The van der Waals surface area contributed by atoms with E-state index >= 15 is 0 Å². The third-order valence-electron chi connectivity index (χ3n) is 3.08. The molecule has 2 heterocycles. The molecular weight excluding hydrogens is 351 g/mol. The van der Waals surface area contributed by atoms with Crippen molar-refractivity contribution in [3.05, 3.63) is 27.0 Å². The fourth-order valence-corrected chi connectivity index (χ4v) is 2.90. The summed E-state index contributed by atoms with van der Waals surface area (Å²) in [5, 5.41) is 4.67. The molecule has 0 spiro atoms. The molecule has 1 aliphatic rings. The summed E-state index contributed by atoms with van der Waals surface area (Å²) in [5.41, 5.74) is 0.871. The van der Waals surface area contributed by atoms with Crippen molar-refractivity contribution in [2.45, 2.75) is 13.0 Å². The molecule has 1 fully saturated rings. The number of aromatic nitrogens is 1. The van der Waals surface area contributed by atoms with Crippen LogP contribution in [0, 0.1) is 0 Å². The molecule has 2 rings (SSSR count). The van der Waals surface area contributed by atoms with E-state index in [0.29, 0.717) is 15.2 Å². The number of nitrogens with one attached hydrogen (secondary N) is 1. The van der Waals surface area contributed by atoms with Gasteiger partial charge < -0.3 is 5.32 Å². The first-order valence-corrected chi connectivity index (χ1v) is 6.69. The second kappa shape index (κ2) is 8.73. The average Bonchev–Trinajstić information content (AvgIpc) is 2.35. The van der Waals surface area contributed by atoms with Gasteiger partial charge in [0.15, 0.2) is 0 Å². The van der Waals surface area contributed by atoms with Crippen LogP contribution >= 0.6 is 59.6 Å². The molecule has 8 heteroatoms. The zero-order chi connectivity index (χ0) is 12.4. The Labute approximate surface area is 140 Å². The second-order valence-electron chi connectivity index (χ2n) is 4.09. The molecule has 3 nitrogen and oxygen atoms in total. The van der Waals surface area contributed by atoms with Crippen molar-refractivity contribution in [2.75, 3.05) is 26.2 Å². The molecule has 0 aliphatic carbocycles. The lowest BCUT2D eigenvalue weighted by Crippen LogP contribution is -2.44. The standard InChI is InChI=1S/C11H14Cl3N3.2ClH/c1-7(17-4-2-15-3-5-17)9-8(12)6-16-11(14)10(9)13;;/h6-7,15H,2-5H2,1H3;2*1H/t7-;;/m1../s1.